The Bertz CT molecular complexity index is 5600. The number of hydrogen-bond acceptors (Lipinski definition) is 17. The molecule has 11 aromatic carbocycles. The van der Waals surface area contributed by atoms with Crippen molar-refractivity contribution >= 4 is 131 Å². The number of Topliss-reactive ketones (excluding diaryl/α,β-unsaturated/α-hetero) is 1. The molecular weight excluding hydrogens is 1430 g/mol. The molecule has 0 aliphatic rings. The topological polar surface area (TPSA) is 237 Å². The number of oxime groups is 2. The summed E-state index contributed by atoms with van der Waals surface area (Å²) in [6.45, 7) is 17.0. The van der Waals surface area contributed by atoms with Gasteiger partial charge in [-0.05, 0) is 169 Å². The number of fused-ring (bicyclic) bond motifs is 6. The van der Waals surface area contributed by atoms with Crippen molar-refractivity contribution in [3.63, 3.8) is 0 Å². The first-order chi connectivity index (χ1) is 54.2. The minimum Gasteiger partial charge on any atom is -0.497 e. The summed E-state index contributed by atoms with van der Waals surface area (Å²) < 4.78 is 14.0. The van der Waals surface area contributed by atoms with E-state index in [2.05, 4.69) is 57.1 Å². The zero-order valence-corrected chi connectivity index (χ0v) is 64.7. The second kappa shape index (κ2) is 39.1. The maximum absolute atomic E-state index is 13.8. The molecule has 0 bridgehead atoms. The summed E-state index contributed by atoms with van der Waals surface area (Å²) in [7, 11) is 1.63. The van der Waals surface area contributed by atoms with E-state index in [-0.39, 0.29) is 36.2 Å². The number of imidazole rings is 1. The van der Waals surface area contributed by atoms with Crippen molar-refractivity contribution in [2.45, 2.75) is 97.7 Å². The average Bonchev–Trinajstić information content (AvgIpc) is 1.56. The van der Waals surface area contributed by atoms with Crippen molar-refractivity contribution in [2.24, 2.45) is 10.3 Å². The lowest BCUT2D eigenvalue weighted by atomic mass is 9.96. The van der Waals surface area contributed by atoms with Crippen molar-refractivity contribution in [2.75, 3.05) is 20.2 Å². The molecule has 13 rings (SSSR count). The smallest absolute Gasteiger partial charge is 0.419 e. The Morgan fingerprint density at radius 1 is 0.554 bits per heavy atom. The fourth-order valence-electron chi connectivity index (χ4n) is 12.6. The first-order valence-electron chi connectivity index (χ1n) is 36.3. The number of rotatable bonds is 21. The summed E-state index contributed by atoms with van der Waals surface area (Å²) in [6, 6.07) is 75.2. The van der Waals surface area contributed by atoms with E-state index >= 15 is 0 Å². The van der Waals surface area contributed by atoms with Crippen LogP contribution in [-0.4, -0.2) is 109 Å². The lowest BCUT2D eigenvalue weighted by Crippen LogP contribution is -2.39. The molecule has 0 spiro atoms. The van der Waals surface area contributed by atoms with Crippen LogP contribution in [0.4, 0.5) is 4.79 Å². The van der Waals surface area contributed by atoms with Crippen molar-refractivity contribution < 1.29 is 62.3 Å². The number of methoxy groups -OCH3 is 1. The van der Waals surface area contributed by atoms with Crippen molar-refractivity contribution in [1.29, 1.82) is 0 Å². The summed E-state index contributed by atoms with van der Waals surface area (Å²) in [5, 5.41) is 17.1. The van der Waals surface area contributed by atoms with Crippen LogP contribution in [0.25, 0.3) is 60.2 Å². The number of hydroxylamine groups is 2. The third-order valence-corrected chi connectivity index (χ3v) is 19.1. The number of nitrogens with zero attached hydrogens (tertiary/aromatic N) is 7. The van der Waals surface area contributed by atoms with E-state index in [9.17, 15) is 38.4 Å². The molecule has 0 N–H and O–H groups in total. The van der Waals surface area contributed by atoms with Crippen LogP contribution in [0, 0.1) is 6.92 Å². The molecule has 568 valence electrons. The van der Waals surface area contributed by atoms with Crippen molar-refractivity contribution in [1.82, 2.24) is 24.1 Å². The van der Waals surface area contributed by atoms with Crippen LogP contribution >= 0.6 is 11.8 Å². The minimum atomic E-state index is -0.631. The van der Waals surface area contributed by atoms with Gasteiger partial charge in [-0.25, -0.2) is 23.9 Å². The Balaban J connectivity index is 0.000000169. The van der Waals surface area contributed by atoms with Gasteiger partial charge in [0.1, 0.15) is 18.7 Å². The lowest BCUT2D eigenvalue weighted by Gasteiger charge is -2.26. The molecule has 0 fully saturated rings. The number of hydrogen-bond donors (Lipinski definition) is 0. The molecule has 1 atom stereocenters. The molecular formula is C91H85N7O13S. The van der Waals surface area contributed by atoms with E-state index in [4.69, 9.17) is 24.0 Å². The number of ether oxygens (including phenoxy) is 2. The fraction of sp³-hybridized carbons (Fsp3) is 0.176. The summed E-state index contributed by atoms with van der Waals surface area (Å²) in [5.41, 5.74) is 8.28. The Hall–Kier alpha value is -13.4. The Kier molecular flexibility index (Phi) is 28.3. The molecule has 0 radical (unpaired) electrons. The molecule has 2 heterocycles. The molecule has 21 heteroatoms. The Labute approximate surface area is 653 Å². The second-order valence-electron chi connectivity index (χ2n) is 25.7. The summed E-state index contributed by atoms with van der Waals surface area (Å²) in [4.78, 5) is 120. The largest absolute Gasteiger partial charge is 0.497 e. The number of benzene rings is 11. The van der Waals surface area contributed by atoms with Crippen LogP contribution < -0.4 is 4.74 Å². The van der Waals surface area contributed by atoms with E-state index in [1.807, 2.05) is 215 Å². The highest BCUT2D eigenvalue weighted by Gasteiger charge is 2.26. The van der Waals surface area contributed by atoms with Gasteiger partial charge in [0.05, 0.1) is 18.9 Å². The van der Waals surface area contributed by atoms with Gasteiger partial charge in [-0.15, -0.1) is 0 Å². The molecule has 13 aromatic rings. The van der Waals surface area contributed by atoms with Crippen LogP contribution in [-0.2, 0) is 56.4 Å². The quantitative estimate of drug-likeness (QED) is 0.0162. The molecule has 0 aliphatic heterocycles. The van der Waals surface area contributed by atoms with Gasteiger partial charge in [0, 0.05) is 137 Å². The SMILES string of the molecule is CC(=O)O/N=C(\C(=O)c1ccc(Sc2ccccc2)cc1)c1ccccc1C.CCN(CC)C(=O)/C=C/c1ccc(OC)cc1.CCn1c2ccc(C(=O)c3cccc4ccccc34)cc2c2cc(/C(CC(C)N(OC(C)=O)C(C)=O)=N\OC(C)=O)ccc21.O=C(OCc1c2ccccc2cc2ccccc12)n1ccnc1. The fourth-order valence-corrected chi connectivity index (χ4v) is 13.4. The van der Waals surface area contributed by atoms with Gasteiger partial charge < -0.3 is 33.5 Å². The highest BCUT2D eigenvalue weighted by atomic mass is 32.2. The van der Waals surface area contributed by atoms with Gasteiger partial charge >= 0.3 is 24.0 Å². The van der Waals surface area contributed by atoms with Gasteiger partial charge in [-0.3, -0.25) is 24.0 Å². The first kappa shape index (κ1) is 81.1. The van der Waals surface area contributed by atoms with Crippen molar-refractivity contribution in [3.8, 4) is 5.75 Å². The van der Waals surface area contributed by atoms with Crippen molar-refractivity contribution in [3.05, 3.63) is 306 Å². The predicted molar refractivity (Wildman–Crippen MR) is 439 cm³/mol. The molecule has 0 saturated carbocycles. The van der Waals surface area contributed by atoms with Crippen LogP contribution in [0.1, 0.15) is 116 Å². The molecule has 20 nitrogen and oxygen atoms in total. The number of amides is 2. The van der Waals surface area contributed by atoms with E-state index < -0.39 is 36.0 Å². The highest BCUT2D eigenvalue weighted by molar-refractivity contribution is 7.99. The van der Waals surface area contributed by atoms with E-state index in [1.54, 1.807) is 67.4 Å². The van der Waals surface area contributed by atoms with Gasteiger partial charge in [0.2, 0.25) is 11.7 Å². The lowest BCUT2D eigenvalue weighted by molar-refractivity contribution is -0.202. The molecule has 112 heavy (non-hydrogen) atoms. The maximum atomic E-state index is 13.8. The number of aryl methyl sites for hydroxylation is 2. The predicted octanol–water partition coefficient (Wildman–Crippen LogP) is 18.8. The van der Waals surface area contributed by atoms with E-state index in [0.29, 0.717) is 40.1 Å². The Morgan fingerprint density at radius 3 is 1.70 bits per heavy atom. The number of ketones is 2. The number of aromatic nitrogens is 3. The summed E-state index contributed by atoms with van der Waals surface area (Å²) in [5.74, 6) is -1.77. The number of carbonyl (C=O) groups is 8. The average molecular weight is 1520 g/mol. The molecule has 2 aromatic heterocycles. The van der Waals surface area contributed by atoms with Gasteiger partial charge in [-0.1, -0.05) is 174 Å². The third-order valence-electron chi connectivity index (χ3n) is 18.0. The zero-order valence-electron chi connectivity index (χ0n) is 63.9. The van der Waals surface area contributed by atoms with Gasteiger partial charge in [-0.2, -0.15) is 5.06 Å². The molecule has 1 unspecified atom stereocenters. The van der Waals surface area contributed by atoms with Crippen LogP contribution in [0.3, 0.4) is 0 Å². The first-order valence-corrected chi connectivity index (χ1v) is 37.1. The van der Waals surface area contributed by atoms with Crippen LogP contribution in [0.2, 0.25) is 0 Å². The monoisotopic (exact) mass is 1520 g/mol. The molecule has 0 aliphatic carbocycles. The molecule has 0 saturated heterocycles. The standard InChI is InChI=1S/C35H33N3O6.C23H19NO3S.C19H14N2O2.C14H19NO2/c1-6-37-33-16-14-26(32(36-43-23(4)40)18-21(2)38(22(3)39)44-24(5)41)19-30(33)31-20-27(15-17-34(31)37)35(42)29-13-9-11-25-10-7-8-12-28(25)29;1-16-8-6-7-11-21(16)22(24-27-17(2)25)23(26)18-12-14-20(15-13-18)28-19-9-4-3-5-10-19;22-19(21-10-9-20-13-21)23-12-18-16-7-3-1-5-14(16)11-15-6-2-4-8-17(15)18;1-4-15(5-2)14(16)11-8-12-6-9-13(17-3)10-7-12/h7-17,19-21H,6,18H2,1-5H3;3-15H,1-2H3;1-11,13H,12H2;6-11H,4-5H2,1-3H3/b36-32-;24-22-;;11-8+. The van der Waals surface area contributed by atoms with E-state index in [1.165, 1.54) is 38.6 Å². The van der Waals surface area contributed by atoms with Gasteiger partial charge in [0.15, 0.2) is 11.5 Å². The minimum absolute atomic E-state index is 0.0471. The normalized spacial score (nSPS) is 11.5. The molecule has 2 amide bonds. The number of likely N-dealkylation sites (N-methyl/N-ethyl adjacent to an activating group) is 1. The third kappa shape index (κ3) is 20.9. The maximum Gasteiger partial charge on any atom is 0.419 e. The van der Waals surface area contributed by atoms with Gasteiger partial charge in [0.25, 0.3) is 5.91 Å². The highest BCUT2D eigenvalue weighted by Crippen LogP contribution is 2.35. The zero-order chi connectivity index (χ0) is 79.8. The van der Waals surface area contributed by atoms with E-state index in [0.717, 1.165) is 105 Å². The Morgan fingerprint density at radius 2 is 1.11 bits per heavy atom. The number of carbonyl (C=O) groups excluding carboxylic acids is 8. The second-order valence-corrected chi connectivity index (χ2v) is 26.9. The van der Waals surface area contributed by atoms with Crippen LogP contribution in [0.15, 0.2) is 281 Å². The van der Waals surface area contributed by atoms with Crippen LogP contribution in [0.5, 0.6) is 5.75 Å². The summed E-state index contributed by atoms with van der Waals surface area (Å²) >= 11 is 1.62. The summed E-state index contributed by atoms with van der Waals surface area (Å²) in [6.07, 6.45) is 7.68.